The maximum Gasteiger partial charge on any atom is 0.342 e. The maximum atomic E-state index is 14.4. The fourth-order valence-corrected chi connectivity index (χ4v) is 5.45. The van der Waals surface area contributed by atoms with Crippen LogP contribution in [0.2, 0.25) is 0 Å². The Morgan fingerprint density at radius 1 is 1.07 bits per heavy atom. The Kier molecular flexibility index (Phi) is 11.3. The summed E-state index contributed by atoms with van der Waals surface area (Å²) in [7, 11) is -4.64. The van der Waals surface area contributed by atoms with E-state index >= 15 is 0 Å². The van der Waals surface area contributed by atoms with Crippen LogP contribution in [0.3, 0.4) is 0 Å². The monoisotopic (exact) mass is 600 g/mol. The molecule has 15 nitrogen and oxygen atoms in total. The smallest absolute Gasteiger partial charge is 0.342 e. The Morgan fingerprint density at radius 2 is 1.57 bits per heavy atom. The SMILES string of the molecule is CC(C)OC(=O)[C@H](C)NP(=O)(N[C@@H](C)C(=O)OC(C)C)OC[C@@]1(C(F)F)O[C@@H](n2ccc(=O)[nH]c2=O)[C@@H](O)[C@@H]1O. The normalized spacial score (nSPS) is 24.9. The average Bonchev–Trinajstić information content (AvgIpc) is 3.08. The van der Waals surface area contributed by atoms with Crippen LogP contribution in [0.15, 0.2) is 21.9 Å². The Bertz CT molecular complexity index is 1180. The number of halogens is 2. The van der Waals surface area contributed by atoms with E-state index < -0.39 is 92.2 Å². The van der Waals surface area contributed by atoms with E-state index in [0.29, 0.717) is 4.57 Å². The first kappa shape index (κ1) is 33.7. The van der Waals surface area contributed by atoms with Crippen molar-refractivity contribution in [3.63, 3.8) is 0 Å². The lowest BCUT2D eigenvalue weighted by Crippen LogP contribution is -2.53. The molecule has 1 aromatic heterocycles. The molecule has 0 spiro atoms. The molecule has 0 saturated carbocycles. The van der Waals surface area contributed by atoms with E-state index in [2.05, 4.69) is 10.2 Å². The molecule has 2 heterocycles. The second-order valence-electron chi connectivity index (χ2n) is 9.71. The Hall–Kier alpha value is -2.53. The average molecular weight is 601 g/mol. The van der Waals surface area contributed by atoms with Crippen LogP contribution in [-0.2, 0) is 32.9 Å². The second-order valence-corrected chi connectivity index (χ2v) is 11.6. The minimum absolute atomic E-state index is 0.552. The third kappa shape index (κ3) is 8.02. The van der Waals surface area contributed by atoms with Crippen molar-refractivity contribution < 1.29 is 51.9 Å². The summed E-state index contributed by atoms with van der Waals surface area (Å²) in [5.74, 6) is -1.77. The maximum absolute atomic E-state index is 14.4. The quantitative estimate of drug-likeness (QED) is 0.147. The highest BCUT2D eigenvalue weighted by Crippen LogP contribution is 2.46. The molecule has 0 radical (unpaired) electrons. The van der Waals surface area contributed by atoms with Crippen molar-refractivity contribution in [2.75, 3.05) is 6.61 Å². The molecule has 1 aliphatic heterocycles. The highest BCUT2D eigenvalue weighted by atomic mass is 31.2. The molecular weight excluding hydrogens is 565 g/mol. The van der Waals surface area contributed by atoms with Gasteiger partial charge in [-0.1, -0.05) is 0 Å². The van der Waals surface area contributed by atoms with Gasteiger partial charge in [0.15, 0.2) is 11.8 Å². The number of esters is 2. The number of aromatic amines is 1. The third-order valence-corrected chi connectivity index (χ3v) is 7.51. The summed E-state index contributed by atoms with van der Waals surface area (Å²) >= 11 is 0. The van der Waals surface area contributed by atoms with Gasteiger partial charge in [0.2, 0.25) is 0 Å². The minimum Gasteiger partial charge on any atom is -0.462 e. The Morgan fingerprint density at radius 3 is 2.00 bits per heavy atom. The van der Waals surface area contributed by atoms with Crippen molar-refractivity contribution in [1.29, 1.82) is 0 Å². The largest absolute Gasteiger partial charge is 0.462 e. The zero-order valence-electron chi connectivity index (χ0n) is 22.7. The lowest BCUT2D eigenvalue weighted by molar-refractivity contribution is -0.192. The van der Waals surface area contributed by atoms with E-state index in [1.165, 1.54) is 13.8 Å². The van der Waals surface area contributed by atoms with Crippen LogP contribution in [0.5, 0.6) is 0 Å². The van der Waals surface area contributed by atoms with Gasteiger partial charge in [-0.25, -0.2) is 23.7 Å². The number of ether oxygens (including phenoxy) is 3. The van der Waals surface area contributed by atoms with Gasteiger partial charge in [-0.15, -0.1) is 0 Å². The highest BCUT2D eigenvalue weighted by Gasteiger charge is 2.61. The van der Waals surface area contributed by atoms with Crippen LogP contribution in [0.4, 0.5) is 8.78 Å². The van der Waals surface area contributed by atoms with Gasteiger partial charge in [0.05, 0.1) is 18.8 Å². The lowest BCUT2D eigenvalue weighted by atomic mass is 9.96. The number of carbonyl (C=O) groups is 2. The van der Waals surface area contributed by atoms with Gasteiger partial charge in [0.25, 0.3) is 12.0 Å². The first-order valence-electron chi connectivity index (χ1n) is 12.3. The molecule has 40 heavy (non-hydrogen) atoms. The summed E-state index contributed by atoms with van der Waals surface area (Å²) in [4.78, 5) is 50.0. The number of aromatic nitrogens is 2. The zero-order chi connectivity index (χ0) is 30.6. The summed E-state index contributed by atoms with van der Waals surface area (Å²) in [6.45, 7) is 7.35. The number of hydrogen-bond acceptors (Lipinski definition) is 11. The number of nitrogens with zero attached hydrogens (tertiary/aromatic N) is 1. The van der Waals surface area contributed by atoms with Crippen molar-refractivity contribution in [2.24, 2.45) is 0 Å². The van der Waals surface area contributed by atoms with E-state index in [0.717, 1.165) is 12.3 Å². The van der Waals surface area contributed by atoms with E-state index in [1.54, 1.807) is 27.7 Å². The number of nitrogens with one attached hydrogen (secondary N) is 3. The van der Waals surface area contributed by atoms with Crippen LogP contribution < -0.4 is 21.4 Å². The third-order valence-electron chi connectivity index (χ3n) is 5.56. The number of rotatable bonds is 13. The number of hydrogen-bond donors (Lipinski definition) is 5. The summed E-state index contributed by atoms with van der Waals surface area (Å²) in [6.07, 6.45) is -10.2. The predicted molar refractivity (Wildman–Crippen MR) is 133 cm³/mol. The van der Waals surface area contributed by atoms with Gasteiger partial charge in [0.1, 0.15) is 24.3 Å². The molecule has 1 aliphatic rings. The van der Waals surface area contributed by atoms with E-state index in [4.69, 9.17) is 18.7 Å². The molecule has 18 heteroatoms. The second kappa shape index (κ2) is 13.4. The van der Waals surface area contributed by atoms with Crippen LogP contribution in [0.25, 0.3) is 0 Å². The standard InChI is InChI=1S/C22H35F2N4O11P/c1-10(2)37-18(32)12(5)26-40(35,27-13(6)19(33)38-11(3)4)36-9-22(20(23)24)16(31)15(30)17(39-22)28-8-7-14(29)25-21(28)34/h7-8,10-13,15-17,20,30-31H,9H2,1-6H3,(H,25,29,34)(H2,26,27,35)/t12-,13-,15-,16-,17+,22+/m0/s1. The molecule has 5 N–H and O–H groups in total. The van der Waals surface area contributed by atoms with E-state index in [9.17, 15) is 42.7 Å². The molecule has 0 unspecified atom stereocenters. The molecular formula is C22H35F2N4O11P. The van der Waals surface area contributed by atoms with Gasteiger partial charge in [-0.05, 0) is 41.5 Å². The topological polar surface area (TPSA) is 208 Å². The molecule has 228 valence electrons. The van der Waals surface area contributed by atoms with Gasteiger partial charge in [-0.2, -0.15) is 0 Å². The Balaban J connectivity index is 2.39. The first-order chi connectivity index (χ1) is 18.4. The van der Waals surface area contributed by atoms with Gasteiger partial charge in [0, 0.05) is 12.3 Å². The molecule has 0 aliphatic carbocycles. The number of aliphatic hydroxyl groups is 2. The summed E-state index contributed by atoms with van der Waals surface area (Å²) in [5, 5.41) is 25.7. The van der Waals surface area contributed by atoms with E-state index in [-0.39, 0.29) is 0 Å². The van der Waals surface area contributed by atoms with Crippen molar-refractivity contribution in [1.82, 2.24) is 19.7 Å². The molecule has 1 saturated heterocycles. The fourth-order valence-electron chi connectivity index (χ4n) is 3.61. The highest BCUT2D eigenvalue weighted by molar-refractivity contribution is 7.54. The molecule has 0 amide bonds. The van der Waals surface area contributed by atoms with Crippen molar-refractivity contribution in [3.05, 3.63) is 33.1 Å². The molecule has 0 bridgehead atoms. The summed E-state index contributed by atoms with van der Waals surface area (Å²) in [6, 6.07) is -1.83. The first-order valence-corrected chi connectivity index (χ1v) is 13.9. The molecule has 1 fully saturated rings. The number of aliphatic hydroxyl groups excluding tert-OH is 2. The van der Waals surface area contributed by atoms with E-state index in [1.807, 2.05) is 4.98 Å². The molecule has 2 rings (SSSR count). The van der Waals surface area contributed by atoms with Gasteiger partial charge < -0.3 is 28.9 Å². The number of carbonyl (C=O) groups excluding carboxylic acids is 2. The molecule has 6 atom stereocenters. The number of alkyl halides is 2. The van der Waals surface area contributed by atoms with Gasteiger partial charge >= 0.3 is 25.3 Å². The van der Waals surface area contributed by atoms with Crippen molar-refractivity contribution in [3.8, 4) is 0 Å². The summed E-state index contributed by atoms with van der Waals surface area (Å²) < 4.78 is 63.8. The van der Waals surface area contributed by atoms with Gasteiger partial charge in [-0.3, -0.25) is 28.5 Å². The Labute approximate surface area is 227 Å². The van der Waals surface area contributed by atoms with Crippen LogP contribution >= 0.6 is 7.67 Å². The lowest BCUT2D eigenvalue weighted by Gasteiger charge is -2.33. The predicted octanol–water partition coefficient (Wildman–Crippen LogP) is -0.225. The summed E-state index contributed by atoms with van der Waals surface area (Å²) in [5.41, 5.74) is -4.99. The van der Waals surface area contributed by atoms with Crippen molar-refractivity contribution >= 4 is 19.6 Å². The molecule has 0 aromatic carbocycles. The van der Waals surface area contributed by atoms with Crippen molar-refractivity contribution in [2.45, 2.75) is 96.3 Å². The number of H-pyrrole nitrogens is 1. The minimum atomic E-state index is -4.64. The molecule has 1 aromatic rings. The van der Waals surface area contributed by atoms with Crippen LogP contribution in [-0.4, -0.2) is 86.8 Å². The fraction of sp³-hybridized carbons (Fsp3) is 0.727. The zero-order valence-corrected chi connectivity index (χ0v) is 23.6. The van der Waals surface area contributed by atoms with Crippen LogP contribution in [0.1, 0.15) is 47.8 Å². The van der Waals surface area contributed by atoms with Crippen LogP contribution in [0, 0.1) is 0 Å².